The van der Waals surface area contributed by atoms with E-state index in [-0.39, 0.29) is 11.7 Å². The molecule has 1 aliphatic heterocycles. The zero-order valence-electron chi connectivity index (χ0n) is 16.3. The molecule has 2 aromatic heterocycles. The van der Waals surface area contributed by atoms with Crippen LogP contribution in [0.5, 0.6) is 0 Å². The molecule has 1 amide bonds. The van der Waals surface area contributed by atoms with Crippen LogP contribution in [0.2, 0.25) is 0 Å². The molecule has 4 rings (SSSR count). The molecule has 0 atom stereocenters. The summed E-state index contributed by atoms with van der Waals surface area (Å²) >= 11 is 1.35. The van der Waals surface area contributed by atoms with Crippen LogP contribution in [0.1, 0.15) is 46.0 Å². The second-order valence-corrected chi connectivity index (χ2v) is 8.25. The third-order valence-electron chi connectivity index (χ3n) is 5.19. The fraction of sp³-hybridized carbons (Fsp3) is 0.381. The number of anilines is 2. The molecule has 0 spiro atoms. The van der Waals surface area contributed by atoms with Gasteiger partial charge in [0.05, 0.1) is 16.3 Å². The minimum Gasteiger partial charge on any atom is -0.370 e. The van der Waals surface area contributed by atoms with Crippen LogP contribution in [0.25, 0.3) is 10.2 Å². The van der Waals surface area contributed by atoms with Crippen molar-refractivity contribution in [1.82, 2.24) is 9.97 Å². The summed E-state index contributed by atoms with van der Waals surface area (Å²) in [6.45, 7) is 7.53. The lowest BCUT2D eigenvalue weighted by Crippen LogP contribution is -2.30. The van der Waals surface area contributed by atoms with E-state index in [0.717, 1.165) is 53.1 Å². The number of carbonyl (C=O) groups is 1. The van der Waals surface area contributed by atoms with Gasteiger partial charge >= 0.3 is 0 Å². The van der Waals surface area contributed by atoms with Gasteiger partial charge in [-0.3, -0.25) is 4.79 Å². The van der Waals surface area contributed by atoms with Crippen LogP contribution < -0.4 is 10.2 Å². The average molecular weight is 399 g/mol. The van der Waals surface area contributed by atoms with Gasteiger partial charge in [-0.15, -0.1) is 11.3 Å². The lowest BCUT2D eigenvalue weighted by molar-refractivity contribution is 0.103. The SMILES string of the molecule is Cc1nc(C)c2c(C)c(C(=O)Nc3cc(F)ccc3N3CCCCC3)sc2n1. The van der Waals surface area contributed by atoms with Crippen molar-refractivity contribution in [2.45, 2.75) is 40.0 Å². The van der Waals surface area contributed by atoms with Gasteiger partial charge in [0.1, 0.15) is 16.5 Å². The summed E-state index contributed by atoms with van der Waals surface area (Å²) in [6, 6.07) is 4.61. The summed E-state index contributed by atoms with van der Waals surface area (Å²) in [4.78, 5) is 25.6. The molecule has 0 saturated carbocycles. The smallest absolute Gasteiger partial charge is 0.266 e. The predicted molar refractivity (Wildman–Crippen MR) is 112 cm³/mol. The van der Waals surface area contributed by atoms with Crippen LogP contribution in [0.15, 0.2) is 18.2 Å². The first kappa shape index (κ1) is 18.8. The molecule has 0 radical (unpaired) electrons. The first-order valence-electron chi connectivity index (χ1n) is 9.54. The summed E-state index contributed by atoms with van der Waals surface area (Å²) in [5, 5.41) is 3.87. The Labute approximate surface area is 167 Å². The highest BCUT2D eigenvalue weighted by atomic mass is 32.1. The van der Waals surface area contributed by atoms with Crippen LogP contribution in [0.4, 0.5) is 15.8 Å². The van der Waals surface area contributed by atoms with Gasteiger partial charge in [0.25, 0.3) is 5.91 Å². The van der Waals surface area contributed by atoms with E-state index in [1.807, 2.05) is 20.8 Å². The summed E-state index contributed by atoms with van der Waals surface area (Å²) in [7, 11) is 0. The molecule has 1 saturated heterocycles. The van der Waals surface area contributed by atoms with Gasteiger partial charge in [0, 0.05) is 24.2 Å². The molecule has 5 nitrogen and oxygen atoms in total. The number of aryl methyl sites for hydroxylation is 3. The van der Waals surface area contributed by atoms with Crippen molar-refractivity contribution in [3.8, 4) is 0 Å². The second-order valence-electron chi connectivity index (χ2n) is 7.26. The maximum absolute atomic E-state index is 13.9. The molecule has 3 aromatic rings. The van der Waals surface area contributed by atoms with Crippen molar-refractivity contribution in [2.75, 3.05) is 23.3 Å². The summed E-state index contributed by atoms with van der Waals surface area (Å²) in [6.07, 6.45) is 3.43. The third kappa shape index (κ3) is 3.46. The minimum atomic E-state index is -0.360. The number of halogens is 1. The highest BCUT2D eigenvalue weighted by molar-refractivity contribution is 7.20. The van der Waals surface area contributed by atoms with Crippen LogP contribution in [-0.4, -0.2) is 29.0 Å². The molecule has 0 bridgehead atoms. The van der Waals surface area contributed by atoms with E-state index in [1.165, 1.54) is 29.9 Å². The van der Waals surface area contributed by atoms with Gasteiger partial charge in [0.15, 0.2) is 0 Å². The monoisotopic (exact) mass is 398 g/mol. The van der Waals surface area contributed by atoms with Crippen molar-refractivity contribution in [3.05, 3.63) is 46.0 Å². The number of rotatable bonds is 3. The lowest BCUT2D eigenvalue weighted by atomic mass is 10.1. The number of hydrogen-bond donors (Lipinski definition) is 1. The number of nitrogens with zero attached hydrogens (tertiary/aromatic N) is 3. The Morgan fingerprint density at radius 1 is 1.14 bits per heavy atom. The number of aromatic nitrogens is 2. The Morgan fingerprint density at radius 3 is 2.64 bits per heavy atom. The Bertz CT molecular complexity index is 1060. The summed E-state index contributed by atoms with van der Waals surface area (Å²) in [5.41, 5.74) is 3.13. The molecule has 146 valence electrons. The van der Waals surface area contributed by atoms with E-state index in [2.05, 4.69) is 20.2 Å². The number of piperidine rings is 1. The van der Waals surface area contributed by atoms with Crippen LogP contribution in [-0.2, 0) is 0 Å². The van der Waals surface area contributed by atoms with Crippen LogP contribution >= 0.6 is 11.3 Å². The average Bonchev–Trinajstić information content (AvgIpc) is 2.99. The predicted octanol–water partition coefficient (Wildman–Crippen LogP) is 5.00. The normalized spacial score (nSPS) is 14.5. The largest absolute Gasteiger partial charge is 0.370 e. The zero-order valence-corrected chi connectivity index (χ0v) is 17.1. The number of fused-ring (bicyclic) bond motifs is 1. The van der Waals surface area contributed by atoms with E-state index in [1.54, 1.807) is 6.07 Å². The number of benzene rings is 1. The standard InChI is InChI=1S/C21H23FN4OS/c1-12-18-13(2)23-14(3)24-21(18)28-19(12)20(27)25-16-11-15(22)7-8-17(16)26-9-5-4-6-10-26/h7-8,11H,4-6,9-10H2,1-3H3,(H,25,27). The van der Waals surface area contributed by atoms with Crippen molar-refractivity contribution in [3.63, 3.8) is 0 Å². The highest BCUT2D eigenvalue weighted by Crippen LogP contribution is 2.34. The molecular weight excluding hydrogens is 375 g/mol. The fourth-order valence-electron chi connectivity index (χ4n) is 3.89. The van der Waals surface area contributed by atoms with E-state index >= 15 is 0 Å². The van der Waals surface area contributed by atoms with Crippen molar-refractivity contribution < 1.29 is 9.18 Å². The van der Waals surface area contributed by atoms with Crippen LogP contribution in [0.3, 0.4) is 0 Å². The molecule has 7 heteroatoms. The van der Waals surface area contributed by atoms with E-state index < -0.39 is 0 Å². The molecule has 3 heterocycles. The third-order valence-corrected chi connectivity index (χ3v) is 6.38. The Hall–Kier alpha value is -2.54. The highest BCUT2D eigenvalue weighted by Gasteiger charge is 2.21. The molecule has 1 aliphatic rings. The second kappa shape index (κ2) is 7.47. The quantitative estimate of drug-likeness (QED) is 0.675. The van der Waals surface area contributed by atoms with E-state index in [9.17, 15) is 9.18 Å². The van der Waals surface area contributed by atoms with Gasteiger partial charge in [-0.05, 0) is 63.8 Å². The van der Waals surface area contributed by atoms with Crippen molar-refractivity contribution in [2.24, 2.45) is 0 Å². The minimum absolute atomic E-state index is 0.235. The van der Waals surface area contributed by atoms with Crippen LogP contribution in [0, 0.1) is 26.6 Å². The first-order valence-corrected chi connectivity index (χ1v) is 10.4. The summed E-state index contributed by atoms with van der Waals surface area (Å²) < 4.78 is 13.9. The molecule has 1 aromatic carbocycles. The molecule has 0 unspecified atom stereocenters. The Kier molecular flexibility index (Phi) is 5.02. The van der Waals surface area contributed by atoms with Crippen molar-refractivity contribution in [1.29, 1.82) is 0 Å². The summed E-state index contributed by atoms with van der Waals surface area (Å²) in [5.74, 6) is 0.0959. The fourth-order valence-corrected chi connectivity index (χ4v) is 5.06. The number of amides is 1. The maximum Gasteiger partial charge on any atom is 0.266 e. The van der Waals surface area contributed by atoms with Gasteiger partial charge < -0.3 is 10.2 Å². The lowest BCUT2D eigenvalue weighted by Gasteiger charge is -2.30. The van der Waals surface area contributed by atoms with Gasteiger partial charge in [-0.25, -0.2) is 14.4 Å². The number of nitrogens with one attached hydrogen (secondary N) is 1. The van der Waals surface area contributed by atoms with Gasteiger partial charge in [0.2, 0.25) is 0 Å². The van der Waals surface area contributed by atoms with Gasteiger partial charge in [-0.1, -0.05) is 0 Å². The van der Waals surface area contributed by atoms with Crippen molar-refractivity contribution >= 4 is 38.8 Å². The molecule has 1 fully saturated rings. The van der Waals surface area contributed by atoms with Gasteiger partial charge in [-0.2, -0.15) is 0 Å². The molecular formula is C21H23FN4OS. The van der Waals surface area contributed by atoms with E-state index in [0.29, 0.717) is 16.4 Å². The Morgan fingerprint density at radius 2 is 1.89 bits per heavy atom. The first-order chi connectivity index (χ1) is 13.4. The number of thiophene rings is 1. The zero-order chi connectivity index (χ0) is 19.8. The molecule has 0 aliphatic carbocycles. The Balaban J connectivity index is 1.69. The molecule has 1 N–H and O–H groups in total. The topological polar surface area (TPSA) is 58.1 Å². The number of carbonyl (C=O) groups excluding carboxylic acids is 1. The molecule has 28 heavy (non-hydrogen) atoms. The number of hydrogen-bond acceptors (Lipinski definition) is 5. The maximum atomic E-state index is 13.9. The van der Waals surface area contributed by atoms with E-state index in [4.69, 9.17) is 0 Å².